The van der Waals surface area contributed by atoms with E-state index >= 15 is 0 Å². The quantitative estimate of drug-likeness (QED) is 0.707. The summed E-state index contributed by atoms with van der Waals surface area (Å²) >= 11 is 0. The van der Waals surface area contributed by atoms with Crippen molar-refractivity contribution >= 4 is 11.0 Å². The van der Waals surface area contributed by atoms with Gasteiger partial charge in [-0.1, -0.05) is 0 Å². The number of ether oxygens (including phenoxy) is 1. The van der Waals surface area contributed by atoms with E-state index in [2.05, 4.69) is 4.98 Å². The van der Waals surface area contributed by atoms with Crippen LogP contribution in [0.5, 0.6) is 0 Å². The first-order chi connectivity index (χ1) is 11.5. The predicted molar refractivity (Wildman–Crippen MR) is 81.4 cm³/mol. The van der Waals surface area contributed by atoms with Crippen LogP contribution in [0.25, 0.3) is 22.6 Å². The topological polar surface area (TPSA) is 40.2 Å². The van der Waals surface area contributed by atoms with Crippen LogP contribution in [0.3, 0.4) is 0 Å². The minimum atomic E-state index is -4.39. The van der Waals surface area contributed by atoms with Gasteiger partial charge in [0.05, 0.1) is 35.5 Å². The van der Waals surface area contributed by atoms with Crippen molar-refractivity contribution in [1.82, 2.24) is 9.55 Å². The molecule has 0 aliphatic carbocycles. The second-order valence-electron chi connectivity index (χ2n) is 5.86. The molecule has 3 heterocycles. The fourth-order valence-electron chi connectivity index (χ4n) is 3.08. The molecule has 1 aliphatic heterocycles. The molecule has 1 saturated heterocycles. The summed E-state index contributed by atoms with van der Waals surface area (Å²) < 4.78 is 51.8. The lowest BCUT2D eigenvalue weighted by Crippen LogP contribution is -2.15. The van der Waals surface area contributed by atoms with E-state index < -0.39 is 11.7 Å². The van der Waals surface area contributed by atoms with E-state index in [1.54, 1.807) is 12.1 Å². The summed E-state index contributed by atoms with van der Waals surface area (Å²) in [5, 5.41) is 0. The number of fused-ring (bicyclic) bond motifs is 1. The lowest BCUT2D eigenvalue weighted by molar-refractivity contribution is -0.137. The fourth-order valence-corrected chi connectivity index (χ4v) is 3.08. The SMILES string of the molecule is FC(F)(F)c1ccc2c(c1)nc(-c1ccco1)n2CC1CCCO1. The summed E-state index contributed by atoms with van der Waals surface area (Å²) in [7, 11) is 0. The standard InChI is InChI=1S/C17H15F3N2O2/c18-17(19,20)11-5-6-14-13(9-11)21-16(15-4-2-8-24-15)22(14)10-12-3-1-7-23-12/h2,4-6,8-9,12H,1,3,7,10H2. The Balaban J connectivity index is 1.84. The third-order valence-electron chi connectivity index (χ3n) is 4.23. The molecule has 24 heavy (non-hydrogen) atoms. The number of nitrogens with zero attached hydrogens (tertiary/aromatic N) is 2. The van der Waals surface area contributed by atoms with Crippen LogP contribution in [0.4, 0.5) is 13.2 Å². The minimum Gasteiger partial charge on any atom is -0.461 e. The number of rotatable bonds is 3. The molecule has 0 amide bonds. The van der Waals surface area contributed by atoms with Crippen LogP contribution in [0, 0.1) is 0 Å². The number of hydrogen-bond acceptors (Lipinski definition) is 3. The fraction of sp³-hybridized carbons (Fsp3) is 0.353. The van der Waals surface area contributed by atoms with Gasteiger partial charge < -0.3 is 13.7 Å². The number of alkyl halides is 3. The Hall–Kier alpha value is -2.28. The Morgan fingerprint density at radius 2 is 2.12 bits per heavy atom. The molecule has 2 aromatic heterocycles. The van der Waals surface area contributed by atoms with Crippen molar-refractivity contribution in [3.63, 3.8) is 0 Å². The van der Waals surface area contributed by atoms with Crippen LogP contribution < -0.4 is 0 Å². The molecule has 0 bridgehead atoms. The van der Waals surface area contributed by atoms with E-state index in [1.165, 1.54) is 12.3 Å². The Kier molecular flexibility index (Phi) is 3.60. The van der Waals surface area contributed by atoms with Gasteiger partial charge in [-0.05, 0) is 43.2 Å². The molecule has 1 fully saturated rings. The molecule has 7 heteroatoms. The largest absolute Gasteiger partial charge is 0.461 e. The molecule has 0 N–H and O–H groups in total. The van der Waals surface area contributed by atoms with Gasteiger partial charge in [-0.3, -0.25) is 0 Å². The molecule has 1 unspecified atom stereocenters. The average molecular weight is 336 g/mol. The maximum Gasteiger partial charge on any atom is 0.416 e. The Bertz CT molecular complexity index is 847. The van der Waals surface area contributed by atoms with Crippen LogP contribution in [0.1, 0.15) is 18.4 Å². The third-order valence-corrected chi connectivity index (χ3v) is 4.23. The summed E-state index contributed by atoms with van der Waals surface area (Å²) in [6.45, 7) is 1.25. The average Bonchev–Trinajstić information content (AvgIpc) is 3.27. The lowest BCUT2D eigenvalue weighted by atomic mass is 10.2. The van der Waals surface area contributed by atoms with E-state index in [0.29, 0.717) is 35.8 Å². The number of furan rings is 1. The maximum atomic E-state index is 13.0. The van der Waals surface area contributed by atoms with E-state index in [-0.39, 0.29) is 6.10 Å². The highest BCUT2D eigenvalue weighted by molar-refractivity contribution is 5.80. The van der Waals surface area contributed by atoms with E-state index in [0.717, 1.165) is 25.0 Å². The third kappa shape index (κ3) is 2.69. The number of imidazole rings is 1. The summed E-state index contributed by atoms with van der Waals surface area (Å²) in [5.41, 5.74) is 0.238. The summed E-state index contributed by atoms with van der Waals surface area (Å²) in [5.74, 6) is 1.04. The van der Waals surface area contributed by atoms with Crippen molar-refractivity contribution in [3.8, 4) is 11.6 Å². The van der Waals surface area contributed by atoms with E-state index in [1.807, 2.05) is 4.57 Å². The first kappa shape index (κ1) is 15.3. The summed E-state index contributed by atoms with van der Waals surface area (Å²) in [4.78, 5) is 4.39. The highest BCUT2D eigenvalue weighted by atomic mass is 19.4. The van der Waals surface area contributed by atoms with Gasteiger partial charge in [0.1, 0.15) is 0 Å². The van der Waals surface area contributed by atoms with Crippen molar-refractivity contribution in [2.45, 2.75) is 31.7 Å². The zero-order valence-corrected chi connectivity index (χ0v) is 12.7. The van der Waals surface area contributed by atoms with Gasteiger partial charge >= 0.3 is 6.18 Å². The van der Waals surface area contributed by atoms with Gasteiger partial charge in [0, 0.05) is 6.61 Å². The number of benzene rings is 1. The second-order valence-corrected chi connectivity index (χ2v) is 5.86. The molecule has 1 aliphatic rings. The molecule has 1 aromatic carbocycles. The van der Waals surface area contributed by atoms with Gasteiger partial charge in [0.2, 0.25) is 0 Å². The van der Waals surface area contributed by atoms with Crippen LogP contribution in [-0.2, 0) is 17.5 Å². The van der Waals surface area contributed by atoms with Gasteiger partial charge in [-0.25, -0.2) is 4.98 Å². The van der Waals surface area contributed by atoms with Crippen molar-refractivity contribution < 1.29 is 22.3 Å². The van der Waals surface area contributed by atoms with E-state index in [4.69, 9.17) is 9.15 Å². The molecular formula is C17H15F3N2O2. The molecule has 4 rings (SSSR count). The summed E-state index contributed by atoms with van der Waals surface area (Å²) in [6, 6.07) is 7.10. The molecular weight excluding hydrogens is 321 g/mol. The lowest BCUT2D eigenvalue weighted by Gasteiger charge is -2.13. The molecule has 1 atom stereocenters. The highest BCUT2D eigenvalue weighted by Crippen LogP contribution is 2.33. The van der Waals surface area contributed by atoms with E-state index in [9.17, 15) is 13.2 Å². The second kappa shape index (κ2) is 5.66. The van der Waals surface area contributed by atoms with Crippen LogP contribution in [-0.4, -0.2) is 22.3 Å². The Morgan fingerprint density at radius 3 is 2.79 bits per heavy atom. The predicted octanol–water partition coefficient (Wildman–Crippen LogP) is 4.49. The zero-order valence-electron chi connectivity index (χ0n) is 12.7. The Morgan fingerprint density at radius 1 is 1.25 bits per heavy atom. The van der Waals surface area contributed by atoms with Crippen LogP contribution >= 0.6 is 0 Å². The summed E-state index contributed by atoms with van der Waals surface area (Å²) in [6.07, 6.45) is -0.911. The molecule has 0 spiro atoms. The number of aromatic nitrogens is 2. The Labute approximate surface area is 135 Å². The molecule has 0 radical (unpaired) electrons. The minimum absolute atomic E-state index is 0.0402. The van der Waals surface area contributed by atoms with Gasteiger partial charge in [-0.2, -0.15) is 13.2 Å². The molecule has 3 aromatic rings. The van der Waals surface area contributed by atoms with Crippen molar-refractivity contribution in [2.75, 3.05) is 6.61 Å². The molecule has 4 nitrogen and oxygen atoms in total. The van der Waals surface area contributed by atoms with Gasteiger partial charge in [0.25, 0.3) is 0 Å². The van der Waals surface area contributed by atoms with Crippen molar-refractivity contribution in [2.24, 2.45) is 0 Å². The molecule has 0 saturated carbocycles. The normalized spacial score (nSPS) is 18.5. The molecule has 126 valence electrons. The number of halogens is 3. The van der Waals surface area contributed by atoms with Gasteiger partial charge in [0.15, 0.2) is 11.6 Å². The van der Waals surface area contributed by atoms with Crippen LogP contribution in [0.15, 0.2) is 41.0 Å². The highest BCUT2D eigenvalue weighted by Gasteiger charge is 2.31. The first-order valence-corrected chi connectivity index (χ1v) is 7.75. The van der Waals surface area contributed by atoms with Gasteiger partial charge in [-0.15, -0.1) is 0 Å². The monoisotopic (exact) mass is 336 g/mol. The smallest absolute Gasteiger partial charge is 0.416 e. The van der Waals surface area contributed by atoms with Crippen molar-refractivity contribution in [3.05, 3.63) is 42.2 Å². The maximum absolute atomic E-state index is 13.0. The zero-order chi connectivity index (χ0) is 16.7. The van der Waals surface area contributed by atoms with Crippen LogP contribution in [0.2, 0.25) is 0 Å². The number of hydrogen-bond donors (Lipinski definition) is 0. The first-order valence-electron chi connectivity index (χ1n) is 7.75. The van der Waals surface area contributed by atoms with Crippen molar-refractivity contribution in [1.29, 1.82) is 0 Å².